The molecule has 0 aliphatic heterocycles. The minimum atomic E-state index is -0.381. The molecule has 0 saturated carbocycles. The topological polar surface area (TPSA) is 38.3 Å². The van der Waals surface area contributed by atoms with E-state index in [9.17, 15) is 9.18 Å². The molecule has 0 fully saturated rings. The number of carbonyl (C=O) groups excluding carboxylic acids is 1. The third-order valence-corrected chi connectivity index (χ3v) is 3.58. The van der Waals surface area contributed by atoms with Crippen molar-refractivity contribution in [3.63, 3.8) is 0 Å². The molecule has 0 spiro atoms. The minimum Gasteiger partial charge on any atom is -0.483 e. The van der Waals surface area contributed by atoms with Gasteiger partial charge in [0.15, 0.2) is 6.61 Å². The Labute approximate surface area is 135 Å². The molecular formula is C15H12BrClFNO2. The van der Waals surface area contributed by atoms with Gasteiger partial charge in [0.1, 0.15) is 11.6 Å². The molecule has 0 aliphatic carbocycles. The predicted octanol–water partition coefficient (Wildman–Crippen LogP) is 4.57. The number of rotatable bonds is 4. The van der Waals surface area contributed by atoms with Crippen LogP contribution in [0.25, 0.3) is 0 Å². The predicted molar refractivity (Wildman–Crippen MR) is 84.4 cm³/mol. The van der Waals surface area contributed by atoms with Crippen molar-refractivity contribution in [2.75, 3.05) is 11.9 Å². The Kier molecular flexibility index (Phi) is 5.20. The number of ether oxygens (including phenoxy) is 1. The first-order valence-corrected chi connectivity index (χ1v) is 7.26. The Hall–Kier alpha value is -1.59. The van der Waals surface area contributed by atoms with Gasteiger partial charge < -0.3 is 10.1 Å². The van der Waals surface area contributed by atoms with E-state index in [1.54, 1.807) is 12.1 Å². The lowest BCUT2D eigenvalue weighted by molar-refractivity contribution is -0.118. The van der Waals surface area contributed by atoms with Crippen molar-refractivity contribution in [3.05, 3.63) is 57.3 Å². The third-order valence-electron chi connectivity index (χ3n) is 2.73. The molecule has 0 saturated heterocycles. The standard InChI is InChI=1S/C15H12BrClFNO2/c1-9-2-3-10(17)6-13(9)19-15(20)8-21-14-5-4-11(18)7-12(14)16/h2-7H,8H2,1H3,(H,19,20). The molecule has 0 atom stereocenters. The number of anilines is 1. The van der Waals surface area contributed by atoms with Crippen LogP contribution in [0.4, 0.5) is 10.1 Å². The van der Waals surface area contributed by atoms with E-state index in [1.165, 1.54) is 18.2 Å². The molecule has 2 rings (SSSR count). The summed E-state index contributed by atoms with van der Waals surface area (Å²) >= 11 is 9.06. The van der Waals surface area contributed by atoms with Gasteiger partial charge in [0.2, 0.25) is 0 Å². The van der Waals surface area contributed by atoms with Gasteiger partial charge in [0, 0.05) is 10.7 Å². The second-order valence-corrected chi connectivity index (χ2v) is 5.66. The van der Waals surface area contributed by atoms with Crippen LogP contribution >= 0.6 is 27.5 Å². The highest BCUT2D eigenvalue weighted by Crippen LogP contribution is 2.25. The maximum absolute atomic E-state index is 12.9. The number of carbonyl (C=O) groups is 1. The largest absolute Gasteiger partial charge is 0.483 e. The van der Waals surface area contributed by atoms with Gasteiger partial charge >= 0.3 is 0 Å². The second-order valence-electron chi connectivity index (χ2n) is 4.37. The summed E-state index contributed by atoms with van der Waals surface area (Å²) in [7, 11) is 0. The van der Waals surface area contributed by atoms with Gasteiger partial charge in [-0.15, -0.1) is 0 Å². The molecule has 0 heterocycles. The third kappa shape index (κ3) is 4.44. The second kappa shape index (κ2) is 6.91. The Balaban J connectivity index is 1.97. The fourth-order valence-electron chi connectivity index (χ4n) is 1.65. The van der Waals surface area contributed by atoms with Gasteiger partial charge in [-0.25, -0.2) is 4.39 Å². The Morgan fingerprint density at radius 1 is 1.33 bits per heavy atom. The van der Waals surface area contributed by atoms with Crippen LogP contribution in [-0.2, 0) is 4.79 Å². The molecule has 0 radical (unpaired) electrons. The highest BCUT2D eigenvalue weighted by atomic mass is 79.9. The highest BCUT2D eigenvalue weighted by molar-refractivity contribution is 9.10. The summed E-state index contributed by atoms with van der Waals surface area (Å²) in [6.45, 7) is 1.68. The van der Waals surface area contributed by atoms with Crippen LogP contribution in [0.1, 0.15) is 5.56 Å². The molecule has 2 aromatic rings. The van der Waals surface area contributed by atoms with Crippen LogP contribution in [0.2, 0.25) is 5.02 Å². The molecule has 1 N–H and O–H groups in total. The molecular weight excluding hydrogens is 361 g/mol. The van der Waals surface area contributed by atoms with Gasteiger partial charge in [0.05, 0.1) is 4.47 Å². The summed E-state index contributed by atoms with van der Waals surface area (Å²) in [5.41, 5.74) is 1.53. The van der Waals surface area contributed by atoms with Crippen molar-refractivity contribution in [2.24, 2.45) is 0 Å². The average molecular weight is 373 g/mol. The summed E-state index contributed by atoms with van der Waals surface area (Å²) in [4.78, 5) is 11.9. The van der Waals surface area contributed by atoms with Crippen LogP contribution in [0.3, 0.4) is 0 Å². The first kappa shape index (κ1) is 15.8. The molecule has 110 valence electrons. The van der Waals surface area contributed by atoms with Crippen LogP contribution in [0.15, 0.2) is 40.9 Å². The van der Waals surface area contributed by atoms with Crippen LogP contribution in [0, 0.1) is 12.7 Å². The van der Waals surface area contributed by atoms with E-state index in [-0.39, 0.29) is 18.3 Å². The number of amides is 1. The summed E-state index contributed by atoms with van der Waals surface area (Å²) < 4.78 is 18.7. The van der Waals surface area contributed by atoms with Gasteiger partial charge in [0.25, 0.3) is 5.91 Å². The monoisotopic (exact) mass is 371 g/mol. The molecule has 3 nitrogen and oxygen atoms in total. The molecule has 1 amide bonds. The normalized spacial score (nSPS) is 10.3. The van der Waals surface area contributed by atoms with Gasteiger partial charge in [-0.2, -0.15) is 0 Å². The van der Waals surface area contributed by atoms with E-state index in [0.717, 1.165) is 5.56 Å². The van der Waals surface area contributed by atoms with E-state index >= 15 is 0 Å². The van der Waals surface area contributed by atoms with Crippen molar-refractivity contribution in [1.82, 2.24) is 0 Å². The quantitative estimate of drug-likeness (QED) is 0.854. The summed E-state index contributed by atoms with van der Waals surface area (Å²) in [5.74, 6) is -0.306. The Bertz CT molecular complexity index is 679. The van der Waals surface area contributed by atoms with Gasteiger partial charge in [-0.05, 0) is 58.7 Å². The van der Waals surface area contributed by atoms with Crippen molar-refractivity contribution in [1.29, 1.82) is 0 Å². The lowest BCUT2D eigenvalue weighted by atomic mass is 10.2. The Morgan fingerprint density at radius 3 is 2.81 bits per heavy atom. The highest BCUT2D eigenvalue weighted by Gasteiger charge is 2.08. The number of aryl methyl sites for hydroxylation is 1. The van der Waals surface area contributed by atoms with E-state index in [1.807, 2.05) is 13.0 Å². The molecule has 0 unspecified atom stereocenters. The van der Waals surface area contributed by atoms with Crippen LogP contribution < -0.4 is 10.1 Å². The number of hydrogen-bond donors (Lipinski definition) is 1. The number of nitrogens with one attached hydrogen (secondary N) is 1. The zero-order valence-electron chi connectivity index (χ0n) is 11.1. The van der Waals surface area contributed by atoms with Crippen molar-refractivity contribution < 1.29 is 13.9 Å². The maximum atomic E-state index is 12.9. The van der Waals surface area contributed by atoms with Gasteiger partial charge in [-0.1, -0.05) is 17.7 Å². The molecule has 0 aromatic heterocycles. The summed E-state index contributed by atoms with van der Waals surface area (Å²) in [6.07, 6.45) is 0. The fraction of sp³-hybridized carbons (Fsp3) is 0.133. The van der Waals surface area contributed by atoms with Crippen LogP contribution in [-0.4, -0.2) is 12.5 Å². The van der Waals surface area contributed by atoms with E-state index in [2.05, 4.69) is 21.2 Å². The summed E-state index contributed by atoms with van der Waals surface area (Å²) in [5, 5.41) is 3.25. The van der Waals surface area contributed by atoms with Crippen LogP contribution in [0.5, 0.6) is 5.75 Å². The van der Waals surface area contributed by atoms with E-state index in [4.69, 9.17) is 16.3 Å². The maximum Gasteiger partial charge on any atom is 0.262 e. The number of benzene rings is 2. The SMILES string of the molecule is Cc1ccc(Cl)cc1NC(=O)COc1ccc(F)cc1Br. The number of halogens is 3. The number of hydrogen-bond acceptors (Lipinski definition) is 2. The zero-order chi connectivity index (χ0) is 15.4. The van der Waals surface area contributed by atoms with Crippen molar-refractivity contribution in [3.8, 4) is 5.75 Å². The molecule has 21 heavy (non-hydrogen) atoms. The molecule has 0 aliphatic rings. The zero-order valence-corrected chi connectivity index (χ0v) is 13.5. The minimum absolute atomic E-state index is 0.184. The van der Waals surface area contributed by atoms with Gasteiger partial charge in [-0.3, -0.25) is 4.79 Å². The van der Waals surface area contributed by atoms with E-state index < -0.39 is 0 Å². The Morgan fingerprint density at radius 2 is 2.10 bits per heavy atom. The molecule has 6 heteroatoms. The summed E-state index contributed by atoms with van der Waals surface area (Å²) in [6, 6.07) is 9.22. The fourth-order valence-corrected chi connectivity index (χ4v) is 2.29. The van der Waals surface area contributed by atoms with E-state index in [0.29, 0.717) is 20.9 Å². The molecule has 2 aromatic carbocycles. The smallest absolute Gasteiger partial charge is 0.262 e. The first-order chi connectivity index (χ1) is 9.95. The average Bonchev–Trinajstić information content (AvgIpc) is 2.42. The van der Waals surface area contributed by atoms with Crippen molar-refractivity contribution in [2.45, 2.75) is 6.92 Å². The van der Waals surface area contributed by atoms with Crippen molar-refractivity contribution >= 4 is 39.1 Å². The first-order valence-electron chi connectivity index (χ1n) is 6.09. The molecule has 0 bridgehead atoms. The lowest BCUT2D eigenvalue weighted by Crippen LogP contribution is -2.20. The lowest BCUT2D eigenvalue weighted by Gasteiger charge is -2.11.